The molecular weight excluding hydrogens is 454 g/mol. The predicted molar refractivity (Wildman–Crippen MR) is 132 cm³/mol. The van der Waals surface area contributed by atoms with Gasteiger partial charge in [0.05, 0.1) is 46.5 Å². The molecule has 0 aliphatic rings. The van der Waals surface area contributed by atoms with Gasteiger partial charge in [0, 0.05) is 5.56 Å². The molecule has 2 aromatic rings. The van der Waals surface area contributed by atoms with E-state index in [0.717, 1.165) is 5.56 Å². The lowest BCUT2D eigenvalue weighted by atomic mass is 9.69. The zero-order chi connectivity index (χ0) is 26.2. The molecule has 192 valence electrons. The van der Waals surface area contributed by atoms with Gasteiger partial charge in [-0.05, 0) is 68.2 Å². The number of hydrogen-bond acceptors (Lipinski definition) is 6. The third-order valence-corrected chi connectivity index (χ3v) is 6.47. The van der Waals surface area contributed by atoms with Crippen LogP contribution < -0.4 is 18.9 Å². The van der Waals surface area contributed by atoms with Gasteiger partial charge in [-0.3, -0.25) is 0 Å². The van der Waals surface area contributed by atoms with Crippen molar-refractivity contribution in [2.75, 3.05) is 48.6 Å². The molecule has 1 unspecified atom stereocenters. The lowest BCUT2D eigenvalue weighted by Crippen LogP contribution is -2.35. The Morgan fingerprint density at radius 3 is 1.80 bits per heavy atom. The SMILES string of the molecule is COc1ccc(C(F)(F)CN(C)CCCC(C#N)(c2ccc(OC)c(OC)c2)C(C)C)cc1OC. The van der Waals surface area contributed by atoms with Crippen LogP contribution in [0.25, 0.3) is 0 Å². The molecule has 0 N–H and O–H groups in total. The minimum Gasteiger partial charge on any atom is -0.493 e. The van der Waals surface area contributed by atoms with E-state index in [1.54, 1.807) is 32.2 Å². The molecule has 0 saturated heterocycles. The quantitative estimate of drug-likeness (QED) is 0.362. The maximum Gasteiger partial charge on any atom is 0.285 e. The predicted octanol–water partition coefficient (Wildman–Crippen LogP) is 5.64. The topological polar surface area (TPSA) is 64.0 Å². The van der Waals surface area contributed by atoms with Crippen molar-refractivity contribution in [3.8, 4) is 29.1 Å². The number of ether oxygens (including phenoxy) is 4. The molecule has 0 radical (unpaired) electrons. The van der Waals surface area contributed by atoms with Crippen molar-refractivity contribution in [2.45, 2.75) is 38.0 Å². The summed E-state index contributed by atoms with van der Waals surface area (Å²) in [6, 6.07) is 12.1. The van der Waals surface area contributed by atoms with Gasteiger partial charge in [0.25, 0.3) is 5.92 Å². The van der Waals surface area contributed by atoms with Crippen molar-refractivity contribution >= 4 is 0 Å². The fourth-order valence-corrected chi connectivity index (χ4v) is 4.33. The molecule has 0 saturated carbocycles. The maximum atomic E-state index is 15.0. The van der Waals surface area contributed by atoms with E-state index >= 15 is 8.78 Å². The van der Waals surface area contributed by atoms with Crippen LogP contribution in [0.3, 0.4) is 0 Å². The second-order valence-corrected chi connectivity index (χ2v) is 8.92. The Kier molecular flexibility index (Phi) is 9.73. The van der Waals surface area contributed by atoms with E-state index in [9.17, 15) is 5.26 Å². The van der Waals surface area contributed by atoms with E-state index in [1.165, 1.54) is 32.4 Å². The standard InChI is InChI=1S/C27H36F2N2O4/c1-19(2)26(17-30,20-9-11-22(32-4)24(15-20)34-6)13-8-14-31(3)18-27(28,29)21-10-12-23(33-5)25(16-21)35-7/h9-12,15-16,19H,8,13-14,18H2,1-7H3. The Labute approximate surface area is 207 Å². The summed E-state index contributed by atoms with van der Waals surface area (Å²) < 4.78 is 51.1. The smallest absolute Gasteiger partial charge is 0.285 e. The molecule has 2 aromatic carbocycles. The zero-order valence-electron chi connectivity index (χ0n) is 21.7. The van der Waals surface area contributed by atoms with Crippen LogP contribution in [0, 0.1) is 17.2 Å². The fraction of sp³-hybridized carbons (Fsp3) is 0.519. The molecule has 0 aromatic heterocycles. The Morgan fingerprint density at radius 2 is 1.34 bits per heavy atom. The Hall–Kier alpha value is -3.05. The van der Waals surface area contributed by atoms with Gasteiger partial charge in [0.15, 0.2) is 23.0 Å². The summed E-state index contributed by atoms with van der Waals surface area (Å²) in [6.07, 6.45) is 1.08. The minimum absolute atomic E-state index is 0.00381. The normalized spacial score (nSPS) is 13.3. The summed E-state index contributed by atoms with van der Waals surface area (Å²) in [4.78, 5) is 1.59. The number of methoxy groups -OCH3 is 4. The minimum atomic E-state index is -3.08. The van der Waals surface area contributed by atoms with Crippen LogP contribution in [0.4, 0.5) is 8.78 Å². The monoisotopic (exact) mass is 490 g/mol. The third kappa shape index (κ3) is 6.34. The molecule has 0 aliphatic heterocycles. The summed E-state index contributed by atoms with van der Waals surface area (Å²) in [5.74, 6) is -1.28. The van der Waals surface area contributed by atoms with Gasteiger partial charge in [-0.1, -0.05) is 19.9 Å². The van der Waals surface area contributed by atoms with Gasteiger partial charge in [-0.2, -0.15) is 14.0 Å². The second kappa shape index (κ2) is 12.1. The first-order chi connectivity index (χ1) is 16.6. The molecule has 0 bridgehead atoms. The Balaban J connectivity index is 2.13. The largest absolute Gasteiger partial charge is 0.493 e. The number of hydrogen-bond donors (Lipinski definition) is 0. The van der Waals surface area contributed by atoms with Gasteiger partial charge in [0.2, 0.25) is 0 Å². The van der Waals surface area contributed by atoms with Gasteiger partial charge in [0.1, 0.15) is 0 Å². The first kappa shape index (κ1) is 28.2. The summed E-state index contributed by atoms with van der Waals surface area (Å²) in [7, 11) is 7.66. The molecule has 0 spiro atoms. The first-order valence-corrected chi connectivity index (χ1v) is 11.5. The maximum absolute atomic E-state index is 15.0. The lowest BCUT2D eigenvalue weighted by molar-refractivity contribution is -0.0327. The number of nitriles is 1. The number of nitrogens with zero attached hydrogens (tertiary/aromatic N) is 2. The van der Waals surface area contributed by atoms with E-state index in [1.807, 2.05) is 26.0 Å². The van der Waals surface area contributed by atoms with Crippen molar-refractivity contribution in [3.63, 3.8) is 0 Å². The van der Waals surface area contributed by atoms with Crippen LogP contribution in [0.1, 0.15) is 37.8 Å². The van der Waals surface area contributed by atoms with E-state index in [0.29, 0.717) is 36.6 Å². The van der Waals surface area contributed by atoms with Crippen LogP contribution in [-0.2, 0) is 11.3 Å². The van der Waals surface area contributed by atoms with Crippen LogP contribution in [0.2, 0.25) is 0 Å². The van der Waals surface area contributed by atoms with E-state index in [4.69, 9.17) is 18.9 Å². The molecule has 0 amide bonds. The summed E-state index contributed by atoms with van der Waals surface area (Å²) in [6.45, 7) is 3.94. The highest BCUT2D eigenvalue weighted by molar-refractivity contribution is 5.47. The molecule has 35 heavy (non-hydrogen) atoms. The lowest BCUT2D eigenvalue weighted by Gasteiger charge is -2.33. The highest BCUT2D eigenvalue weighted by Crippen LogP contribution is 2.41. The van der Waals surface area contributed by atoms with Crippen molar-refractivity contribution in [1.29, 1.82) is 5.26 Å². The van der Waals surface area contributed by atoms with Gasteiger partial charge in [-0.15, -0.1) is 0 Å². The van der Waals surface area contributed by atoms with E-state index in [2.05, 4.69) is 6.07 Å². The molecule has 2 rings (SSSR count). The van der Waals surface area contributed by atoms with Gasteiger partial charge < -0.3 is 23.8 Å². The molecule has 8 heteroatoms. The van der Waals surface area contributed by atoms with Crippen molar-refractivity contribution in [1.82, 2.24) is 4.90 Å². The van der Waals surface area contributed by atoms with Crippen LogP contribution in [0.5, 0.6) is 23.0 Å². The molecule has 0 fully saturated rings. The average Bonchev–Trinajstić information content (AvgIpc) is 2.85. The van der Waals surface area contributed by atoms with Crippen LogP contribution in [-0.4, -0.2) is 53.5 Å². The first-order valence-electron chi connectivity index (χ1n) is 11.5. The highest BCUT2D eigenvalue weighted by atomic mass is 19.3. The molecule has 0 aliphatic carbocycles. The second-order valence-electron chi connectivity index (χ2n) is 8.92. The number of likely N-dealkylation sites (N-methyl/N-ethyl adjacent to an activating group) is 1. The molecule has 1 atom stereocenters. The van der Waals surface area contributed by atoms with Crippen molar-refractivity contribution in [2.24, 2.45) is 5.92 Å². The van der Waals surface area contributed by atoms with Crippen LogP contribution >= 0.6 is 0 Å². The third-order valence-electron chi connectivity index (χ3n) is 6.47. The number of alkyl halides is 2. The molecule has 6 nitrogen and oxygen atoms in total. The van der Waals surface area contributed by atoms with Gasteiger partial charge >= 0.3 is 0 Å². The summed E-state index contributed by atoms with van der Waals surface area (Å²) in [5, 5.41) is 10.2. The Bertz CT molecular complexity index is 1020. The van der Waals surface area contributed by atoms with Crippen molar-refractivity contribution < 1.29 is 27.7 Å². The fourth-order valence-electron chi connectivity index (χ4n) is 4.33. The highest BCUT2D eigenvalue weighted by Gasteiger charge is 2.37. The molecule has 0 heterocycles. The number of halogens is 2. The average molecular weight is 491 g/mol. The van der Waals surface area contributed by atoms with Crippen LogP contribution in [0.15, 0.2) is 36.4 Å². The number of rotatable bonds is 13. The summed E-state index contributed by atoms with van der Waals surface area (Å²) >= 11 is 0. The van der Waals surface area contributed by atoms with E-state index in [-0.39, 0.29) is 17.2 Å². The molecular formula is C27H36F2N2O4. The number of benzene rings is 2. The van der Waals surface area contributed by atoms with E-state index < -0.39 is 17.9 Å². The Morgan fingerprint density at radius 1 is 0.857 bits per heavy atom. The van der Waals surface area contributed by atoms with Gasteiger partial charge in [-0.25, -0.2) is 0 Å². The summed E-state index contributed by atoms with van der Waals surface area (Å²) in [5.41, 5.74) is -0.0986. The van der Waals surface area contributed by atoms with Crippen molar-refractivity contribution in [3.05, 3.63) is 47.5 Å². The zero-order valence-corrected chi connectivity index (χ0v) is 21.7.